The lowest BCUT2D eigenvalue weighted by Crippen LogP contribution is -2.18. The van der Waals surface area contributed by atoms with Crippen molar-refractivity contribution in [2.45, 2.75) is 23.5 Å². The molecule has 0 N–H and O–H groups in total. The van der Waals surface area contributed by atoms with E-state index >= 15 is 0 Å². The van der Waals surface area contributed by atoms with Gasteiger partial charge < -0.3 is 0 Å². The molecule has 0 unspecified atom stereocenters. The van der Waals surface area contributed by atoms with Crippen LogP contribution in [-0.4, -0.2) is 13.7 Å². The van der Waals surface area contributed by atoms with E-state index in [9.17, 15) is 8.42 Å². The first kappa shape index (κ1) is 14.0. The Morgan fingerprint density at radius 2 is 1.89 bits per heavy atom. The molecule has 0 bridgehead atoms. The van der Waals surface area contributed by atoms with Crippen LogP contribution < -0.4 is 0 Å². The molecule has 19 heavy (non-hydrogen) atoms. The normalized spacial score (nSPS) is 13.7. The van der Waals surface area contributed by atoms with E-state index in [1.807, 2.05) is 36.6 Å². The number of hydrogen-bond donors (Lipinski definition) is 0. The lowest BCUT2D eigenvalue weighted by molar-refractivity contribution is 0.586. The Kier molecular flexibility index (Phi) is 4.56. The summed E-state index contributed by atoms with van der Waals surface area (Å²) in [7, 11) is -3.29. The Hall–Kier alpha value is -1.39. The predicted octanol–water partition coefficient (Wildman–Crippen LogP) is 4.01. The molecular weight excluding hydrogens is 276 g/mol. The van der Waals surface area contributed by atoms with Crippen molar-refractivity contribution >= 4 is 27.3 Å². The zero-order chi connectivity index (χ0) is 13.7. The van der Waals surface area contributed by atoms with Gasteiger partial charge in [0.05, 0.1) is 10.1 Å². The Bertz CT molecular complexity index is 626. The average molecular weight is 292 g/mol. The number of benzene rings is 1. The van der Waals surface area contributed by atoms with Crippen molar-refractivity contribution in [1.82, 2.24) is 0 Å². The summed E-state index contributed by atoms with van der Waals surface area (Å²) in [6, 6.07) is 12.6. The summed E-state index contributed by atoms with van der Waals surface area (Å²) in [5, 5.41) is 1.50. The van der Waals surface area contributed by atoms with Crippen LogP contribution in [-0.2, 0) is 9.84 Å². The molecule has 0 saturated heterocycles. The first-order valence-electron chi connectivity index (χ1n) is 6.15. The van der Waals surface area contributed by atoms with Crippen LogP contribution in [0.4, 0.5) is 0 Å². The maximum absolute atomic E-state index is 12.5. The number of sulfone groups is 1. The van der Waals surface area contributed by atoms with Gasteiger partial charge in [-0.15, -0.1) is 11.3 Å². The van der Waals surface area contributed by atoms with Crippen LogP contribution in [0.5, 0.6) is 0 Å². The second-order valence-corrected chi connectivity index (χ2v) is 7.33. The second kappa shape index (κ2) is 6.17. The van der Waals surface area contributed by atoms with Crippen LogP contribution in [0.1, 0.15) is 18.2 Å². The average Bonchev–Trinajstić information content (AvgIpc) is 2.93. The Morgan fingerprint density at radius 3 is 2.47 bits per heavy atom. The number of thiophene rings is 1. The van der Waals surface area contributed by atoms with Gasteiger partial charge in [-0.25, -0.2) is 8.42 Å². The summed E-state index contributed by atoms with van der Waals surface area (Å²) in [6.07, 6.45) is 4.24. The van der Waals surface area contributed by atoms with Crippen LogP contribution in [0, 0.1) is 0 Å². The van der Waals surface area contributed by atoms with Crippen molar-refractivity contribution in [3.63, 3.8) is 0 Å². The largest absolute Gasteiger partial charge is 0.223 e. The third-order valence-electron chi connectivity index (χ3n) is 2.89. The fraction of sp³-hybridized carbons (Fsp3) is 0.200. The monoisotopic (exact) mass is 292 g/mol. The summed E-state index contributed by atoms with van der Waals surface area (Å²) in [4.78, 5) is 1.46. The second-order valence-electron chi connectivity index (χ2n) is 4.18. The van der Waals surface area contributed by atoms with Gasteiger partial charge in [0.1, 0.15) is 0 Å². The van der Waals surface area contributed by atoms with Gasteiger partial charge in [0.25, 0.3) is 0 Å². The quantitative estimate of drug-likeness (QED) is 0.834. The SMILES string of the molecule is CC[C@@H](/C=C/c1cccs1)S(=O)(=O)c1ccccc1. The standard InChI is InChI=1S/C15H16O2S2/c1-2-14(11-10-13-7-6-12-18-13)19(16,17)15-8-4-3-5-9-15/h3-12,14H,2H2,1H3/b11-10+/t14-/m0/s1. The molecule has 0 spiro atoms. The zero-order valence-corrected chi connectivity index (χ0v) is 12.3. The van der Waals surface area contributed by atoms with Gasteiger partial charge in [0.15, 0.2) is 9.84 Å². The van der Waals surface area contributed by atoms with Gasteiger partial charge in [-0.1, -0.05) is 37.3 Å². The number of hydrogen-bond acceptors (Lipinski definition) is 3. The first-order valence-corrected chi connectivity index (χ1v) is 8.58. The van der Waals surface area contributed by atoms with Crippen LogP contribution in [0.25, 0.3) is 6.08 Å². The van der Waals surface area contributed by atoms with E-state index in [2.05, 4.69) is 0 Å². The molecule has 0 radical (unpaired) electrons. The van der Waals surface area contributed by atoms with Gasteiger partial charge in [0, 0.05) is 4.88 Å². The summed E-state index contributed by atoms with van der Waals surface area (Å²) in [5.74, 6) is 0. The van der Waals surface area contributed by atoms with E-state index in [0.29, 0.717) is 11.3 Å². The van der Waals surface area contributed by atoms with Crippen molar-refractivity contribution in [1.29, 1.82) is 0 Å². The van der Waals surface area contributed by atoms with Gasteiger partial charge >= 0.3 is 0 Å². The molecule has 1 aromatic carbocycles. The lowest BCUT2D eigenvalue weighted by atomic mass is 10.3. The van der Waals surface area contributed by atoms with Gasteiger partial charge in [-0.2, -0.15) is 0 Å². The smallest absolute Gasteiger partial charge is 0.184 e. The number of rotatable bonds is 5. The lowest BCUT2D eigenvalue weighted by Gasteiger charge is -2.11. The topological polar surface area (TPSA) is 34.1 Å². The highest BCUT2D eigenvalue weighted by Gasteiger charge is 2.23. The third-order valence-corrected chi connectivity index (χ3v) is 5.95. The molecule has 2 nitrogen and oxygen atoms in total. The van der Waals surface area contributed by atoms with E-state index in [1.165, 1.54) is 0 Å². The highest BCUT2D eigenvalue weighted by Crippen LogP contribution is 2.20. The van der Waals surface area contributed by atoms with Crippen molar-refractivity contribution in [2.24, 2.45) is 0 Å². The molecule has 2 aromatic rings. The fourth-order valence-corrected chi connectivity index (χ4v) is 4.07. The van der Waals surface area contributed by atoms with E-state index in [1.54, 1.807) is 41.7 Å². The molecule has 1 atom stereocenters. The molecule has 1 aromatic heterocycles. The Morgan fingerprint density at radius 1 is 1.16 bits per heavy atom. The van der Waals surface area contributed by atoms with Crippen molar-refractivity contribution in [3.05, 3.63) is 58.8 Å². The van der Waals surface area contributed by atoms with Gasteiger partial charge in [-0.3, -0.25) is 0 Å². The molecule has 0 saturated carbocycles. The molecule has 4 heteroatoms. The molecule has 2 rings (SSSR count). The maximum Gasteiger partial charge on any atom is 0.184 e. The van der Waals surface area contributed by atoms with E-state index in [-0.39, 0.29) is 0 Å². The molecule has 0 aliphatic heterocycles. The summed E-state index contributed by atoms with van der Waals surface area (Å²) >= 11 is 1.60. The summed E-state index contributed by atoms with van der Waals surface area (Å²) < 4.78 is 25.0. The highest BCUT2D eigenvalue weighted by atomic mass is 32.2. The molecule has 0 aliphatic rings. The molecule has 0 fully saturated rings. The van der Waals surface area contributed by atoms with Crippen LogP contribution >= 0.6 is 11.3 Å². The minimum atomic E-state index is -3.29. The van der Waals surface area contributed by atoms with E-state index < -0.39 is 15.1 Å². The maximum atomic E-state index is 12.5. The highest BCUT2D eigenvalue weighted by molar-refractivity contribution is 7.92. The van der Waals surface area contributed by atoms with Crippen LogP contribution in [0.3, 0.4) is 0 Å². The van der Waals surface area contributed by atoms with Gasteiger partial charge in [-0.05, 0) is 36.1 Å². The molecule has 100 valence electrons. The summed E-state index contributed by atoms with van der Waals surface area (Å²) in [6.45, 7) is 1.89. The van der Waals surface area contributed by atoms with E-state index in [0.717, 1.165) is 4.88 Å². The molecular formula is C15H16O2S2. The van der Waals surface area contributed by atoms with Gasteiger partial charge in [0.2, 0.25) is 0 Å². The van der Waals surface area contributed by atoms with Crippen molar-refractivity contribution in [3.8, 4) is 0 Å². The third kappa shape index (κ3) is 3.33. The van der Waals surface area contributed by atoms with E-state index in [4.69, 9.17) is 0 Å². The predicted molar refractivity (Wildman–Crippen MR) is 81.1 cm³/mol. The Balaban J connectivity index is 2.27. The minimum absolute atomic E-state index is 0.387. The molecule has 1 heterocycles. The zero-order valence-electron chi connectivity index (χ0n) is 10.7. The van der Waals surface area contributed by atoms with Crippen molar-refractivity contribution in [2.75, 3.05) is 0 Å². The fourth-order valence-electron chi connectivity index (χ4n) is 1.83. The molecule has 0 aliphatic carbocycles. The Labute approximate surface area is 118 Å². The summed E-state index contributed by atoms with van der Waals surface area (Å²) in [5.41, 5.74) is 0. The van der Waals surface area contributed by atoms with Crippen LogP contribution in [0.15, 0.2) is 58.8 Å². The first-order chi connectivity index (χ1) is 9.14. The molecule has 0 amide bonds. The van der Waals surface area contributed by atoms with Crippen LogP contribution in [0.2, 0.25) is 0 Å². The minimum Gasteiger partial charge on any atom is -0.223 e. The van der Waals surface area contributed by atoms with Crippen molar-refractivity contribution < 1.29 is 8.42 Å².